The van der Waals surface area contributed by atoms with Crippen molar-refractivity contribution >= 4 is 34.2 Å². The van der Waals surface area contributed by atoms with E-state index in [4.69, 9.17) is 16.3 Å². The van der Waals surface area contributed by atoms with Crippen LogP contribution in [0.15, 0.2) is 42.0 Å². The molecule has 0 unspecified atom stereocenters. The predicted molar refractivity (Wildman–Crippen MR) is 165 cm³/mol. The van der Waals surface area contributed by atoms with Crippen LogP contribution in [0, 0.1) is 11.6 Å². The molecule has 45 heavy (non-hydrogen) atoms. The van der Waals surface area contributed by atoms with E-state index < -0.39 is 17.3 Å². The molecule has 1 atom stereocenters. The Labute approximate surface area is 262 Å². The Morgan fingerprint density at radius 3 is 2.44 bits per heavy atom. The minimum absolute atomic E-state index is 0.0135. The zero-order valence-corrected chi connectivity index (χ0v) is 25.3. The summed E-state index contributed by atoms with van der Waals surface area (Å²) < 4.78 is 38.0. The molecule has 4 aliphatic rings. The Morgan fingerprint density at radius 1 is 1.09 bits per heavy atom. The quantitative estimate of drug-likeness (QED) is 0.263. The number of aromatic nitrogens is 4. The third-order valence-corrected chi connectivity index (χ3v) is 9.58. The molecule has 1 amide bonds. The van der Waals surface area contributed by atoms with Crippen molar-refractivity contribution < 1.29 is 18.3 Å². The van der Waals surface area contributed by atoms with Gasteiger partial charge < -0.3 is 14.5 Å². The van der Waals surface area contributed by atoms with Crippen LogP contribution in [0.3, 0.4) is 0 Å². The Balaban J connectivity index is 1.44. The molecule has 0 radical (unpaired) electrons. The van der Waals surface area contributed by atoms with Gasteiger partial charge in [-0.05, 0) is 50.8 Å². The fraction of sp³-hybridized carbons (Fsp3) is 0.364. The first kappa shape index (κ1) is 28.1. The number of nitrogens with zero attached hydrogens (tertiary/aromatic N) is 6. The van der Waals surface area contributed by atoms with Gasteiger partial charge in [0, 0.05) is 59.6 Å². The number of anilines is 1. The molecule has 2 aromatic heterocycles. The molecule has 2 saturated carbocycles. The molecule has 2 aliphatic carbocycles. The molecule has 12 heteroatoms. The molecule has 230 valence electrons. The predicted octanol–water partition coefficient (Wildman–Crippen LogP) is 5.64. The molecule has 4 heterocycles. The van der Waals surface area contributed by atoms with E-state index in [2.05, 4.69) is 21.5 Å². The fourth-order valence-corrected chi connectivity index (χ4v) is 7.07. The van der Waals surface area contributed by atoms with Gasteiger partial charge in [-0.15, -0.1) is 0 Å². The normalized spacial score (nSPS) is 19.2. The molecule has 8 rings (SSSR count). The van der Waals surface area contributed by atoms with E-state index in [0.717, 1.165) is 43.1 Å². The zero-order chi connectivity index (χ0) is 31.1. The summed E-state index contributed by atoms with van der Waals surface area (Å²) >= 11 is 6.93. The molecular weight excluding hydrogens is 602 g/mol. The van der Waals surface area contributed by atoms with Crippen LogP contribution < -0.4 is 15.3 Å². The molecule has 4 aromatic rings. The number of hydrogen-bond acceptors (Lipinski definition) is 7. The van der Waals surface area contributed by atoms with Crippen LogP contribution >= 0.6 is 11.6 Å². The van der Waals surface area contributed by atoms with Crippen LogP contribution in [-0.4, -0.2) is 56.0 Å². The SMILES string of the molecule is C=CC(=O)N1CCN(c2nc(=O)n(-c3c(C4CC4)ncnc3C3CC3)c3c4c(c(Cl)cc23)-c2c(ccc(F)c2F)CO4)[C@@H](C)C1. The number of amides is 1. The van der Waals surface area contributed by atoms with E-state index in [1.165, 1.54) is 16.7 Å². The molecule has 0 spiro atoms. The number of carbonyl (C=O) groups is 1. The summed E-state index contributed by atoms with van der Waals surface area (Å²) in [5.41, 5.74) is 2.56. The van der Waals surface area contributed by atoms with Crippen LogP contribution in [0.2, 0.25) is 5.02 Å². The Bertz CT molecular complexity index is 1980. The van der Waals surface area contributed by atoms with Crippen molar-refractivity contribution in [1.82, 2.24) is 24.4 Å². The number of halogens is 3. The summed E-state index contributed by atoms with van der Waals surface area (Å²) in [5, 5.41) is 0.653. The van der Waals surface area contributed by atoms with Gasteiger partial charge >= 0.3 is 5.69 Å². The summed E-state index contributed by atoms with van der Waals surface area (Å²) in [4.78, 5) is 44.4. The second-order valence-corrected chi connectivity index (χ2v) is 12.7. The van der Waals surface area contributed by atoms with E-state index in [9.17, 15) is 14.0 Å². The smallest absolute Gasteiger partial charge is 0.354 e. The van der Waals surface area contributed by atoms with E-state index in [1.807, 2.05) is 11.8 Å². The molecule has 9 nitrogen and oxygen atoms in total. The number of ether oxygens (including phenoxy) is 1. The van der Waals surface area contributed by atoms with E-state index in [0.29, 0.717) is 47.6 Å². The second-order valence-electron chi connectivity index (χ2n) is 12.3. The van der Waals surface area contributed by atoms with Crippen LogP contribution in [0.5, 0.6) is 5.75 Å². The first-order chi connectivity index (χ1) is 21.8. The van der Waals surface area contributed by atoms with Gasteiger partial charge in [-0.2, -0.15) is 4.98 Å². The van der Waals surface area contributed by atoms with Gasteiger partial charge in [-0.1, -0.05) is 24.2 Å². The van der Waals surface area contributed by atoms with Crippen molar-refractivity contribution in [3.63, 3.8) is 0 Å². The Morgan fingerprint density at radius 2 is 1.80 bits per heavy atom. The first-order valence-corrected chi connectivity index (χ1v) is 15.6. The van der Waals surface area contributed by atoms with Gasteiger partial charge in [-0.3, -0.25) is 9.36 Å². The van der Waals surface area contributed by atoms with Crippen molar-refractivity contribution in [2.45, 2.75) is 57.1 Å². The van der Waals surface area contributed by atoms with Crippen molar-refractivity contribution in [1.29, 1.82) is 0 Å². The fourth-order valence-electron chi connectivity index (χ4n) is 6.78. The summed E-state index contributed by atoms with van der Waals surface area (Å²) in [6, 6.07) is 4.00. The molecule has 2 aliphatic heterocycles. The Kier molecular flexibility index (Phi) is 6.46. The highest BCUT2D eigenvalue weighted by molar-refractivity contribution is 6.35. The van der Waals surface area contributed by atoms with Gasteiger partial charge in [0.1, 0.15) is 24.3 Å². The molecule has 0 N–H and O–H groups in total. The summed E-state index contributed by atoms with van der Waals surface area (Å²) in [6.45, 7) is 6.71. The third-order valence-electron chi connectivity index (χ3n) is 9.28. The zero-order valence-electron chi connectivity index (χ0n) is 24.5. The average Bonchev–Trinajstić information content (AvgIpc) is 3.96. The maximum Gasteiger partial charge on any atom is 0.354 e. The minimum atomic E-state index is -1.03. The summed E-state index contributed by atoms with van der Waals surface area (Å²) in [5.74, 6) is -1.30. The van der Waals surface area contributed by atoms with Crippen LogP contribution in [0.1, 0.15) is 61.4 Å². The number of hydrogen-bond donors (Lipinski definition) is 0. The highest BCUT2D eigenvalue weighted by atomic mass is 35.5. The van der Waals surface area contributed by atoms with Gasteiger partial charge in [0.25, 0.3) is 0 Å². The van der Waals surface area contributed by atoms with Crippen molar-refractivity contribution in [2.75, 3.05) is 24.5 Å². The number of fused-ring (bicyclic) bond motifs is 5. The molecule has 2 aromatic carbocycles. The third kappa shape index (κ3) is 4.42. The summed E-state index contributed by atoms with van der Waals surface area (Å²) in [7, 11) is 0. The lowest BCUT2D eigenvalue weighted by Crippen LogP contribution is -2.54. The average molecular weight is 631 g/mol. The lowest BCUT2D eigenvalue weighted by molar-refractivity contribution is -0.126. The lowest BCUT2D eigenvalue weighted by atomic mass is 9.94. The molecular formula is C33H29ClF2N6O3. The Hall–Kier alpha value is -4.38. The molecule has 3 fully saturated rings. The minimum Gasteiger partial charge on any atom is -0.486 e. The molecule has 0 bridgehead atoms. The van der Waals surface area contributed by atoms with Gasteiger partial charge in [-0.25, -0.2) is 23.5 Å². The first-order valence-electron chi connectivity index (χ1n) is 15.2. The van der Waals surface area contributed by atoms with Crippen LogP contribution in [-0.2, 0) is 11.4 Å². The highest BCUT2D eigenvalue weighted by Crippen LogP contribution is 2.52. The number of rotatable bonds is 5. The van der Waals surface area contributed by atoms with Gasteiger partial charge in [0.05, 0.1) is 22.1 Å². The van der Waals surface area contributed by atoms with Crippen molar-refractivity contribution in [3.8, 4) is 22.6 Å². The van der Waals surface area contributed by atoms with E-state index in [1.54, 1.807) is 17.3 Å². The van der Waals surface area contributed by atoms with Crippen molar-refractivity contribution in [2.24, 2.45) is 0 Å². The molecule has 1 saturated heterocycles. The number of piperazine rings is 1. The van der Waals surface area contributed by atoms with Crippen molar-refractivity contribution in [3.05, 3.63) is 81.3 Å². The van der Waals surface area contributed by atoms with Crippen LogP contribution in [0.25, 0.3) is 27.7 Å². The lowest BCUT2D eigenvalue weighted by Gasteiger charge is -2.40. The van der Waals surface area contributed by atoms with Gasteiger partial charge in [0.2, 0.25) is 5.91 Å². The van der Waals surface area contributed by atoms with Crippen LogP contribution in [0.4, 0.5) is 14.6 Å². The number of carbonyl (C=O) groups excluding carboxylic acids is 1. The maximum absolute atomic E-state index is 15.5. The van der Waals surface area contributed by atoms with Gasteiger partial charge in [0.15, 0.2) is 17.4 Å². The highest BCUT2D eigenvalue weighted by Gasteiger charge is 2.39. The second kappa shape index (κ2) is 10.3. The largest absolute Gasteiger partial charge is 0.486 e. The topological polar surface area (TPSA) is 93.5 Å². The summed E-state index contributed by atoms with van der Waals surface area (Å²) in [6.07, 6.45) is 6.61. The number of benzene rings is 2. The van der Waals surface area contributed by atoms with E-state index in [-0.39, 0.29) is 52.3 Å². The standard InChI is InChI=1S/C33H29ClF2N6O3/c1-3-23(43)40-10-11-41(16(2)13-40)32-20-12-21(34)25-24-19(8-9-22(35)26(24)36)14-45-31(25)29(20)42(33(44)39-32)30-27(17-4-5-17)37-15-38-28(30)18-6-7-18/h3,8-9,12,15-18H,1,4-7,10-11,13-14H2,2H3/t16-/m0/s1. The van der Waals surface area contributed by atoms with E-state index >= 15 is 4.39 Å². The monoisotopic (exact) mass is 630 g/mol. The maximum atomic E-state index is 15.5.